The maximum Gasteiger partial charge on any atom is 0.335 e. The first-order chi connectivity index (χ1) is 17.5. The van der Waals surface area contributed by atoms with Crippen molar-refractivity contribution >= 4 is 85.4 Å². The monoisotopic (exact) mass is 695 g/mol. The summed E-state index contributed by atoms with van der Waals surface area (Å²) in [6.07, 6.45) is 1.38. The standard InChI is InChI=1S/C25H16BrClIN3O6/c1-13-5-6-16(11-20(13)27)30-24(33)18(23(32)29-25(30)34)8-15-9-19(26)22(21(28)10-15)37-12-14-3-2-4-17(7-14)31(35)36/h2-11H,12H2,1H3,(H,29,32,34)/b18-8-. The Hall–Kier alpha value is -3.29. The molecule has 1 saturated heterocycles. The molecule has 3 aromatic rings. The molecule has 1 fully saturated rings. The van der Waals surface area contributed by atoms with Gasteiger partial charge in [0.2, 0.25) is 0 Å². The fourth-order valence-corrected chi connectivity index (χ4v) is 5.44. The average Bonchev–Trinajstić information content (AvgIpc) is 2.83. The van der Waals surface area contributed by atoms with Crippen molar-refractivity contribution in [1.82, 2.24) is 5.32 Å². The number of halogens is 3. The molecule has 1 aliphatic rings. The van der Waals surface area contributed by atoms with E-state index in [1.165, 1.54) is 24.3 Å². The van der Waals surface area contributed by atoms with Crippen LogP contribution in [0.15, 0.2) is 64.6 Å². The van der Waals surface area contributed by atoms with Gasteiger partial charge >= 0.3 is 6.03 Å². The highest BCUT2D eigenvalue weighted by Gasteiger charge is 2.37. The van der Waals surface area contributed by atoms with Crippen LogP contribution in [0.2, 0.25) is 5.02 Å². The lowest BCUT2D eigenvalue weighted by molar-refractivity contribution is -0.384. The van der Waals surface area contributed by atoms with Gasteiger partial charge in [-0.15, -0.1) is 0 Å². The predicted octanol–water partition coefficient (Wildman–Crippen LogP) is 6.17. The highest BCUT2D eigenvalue weighted by atomic mass is 127. The Bertz CT molecular complexity index is 1490. The van der Waals surface area contributed by atoms with E-state index in [2.05, 4.69) is 21.2 Å². The summed E-state index contributed by atoms with van der Waals surface area (Å²) in [7, 11) is 0. The van der Waals surface area contributed by atoms with Crippen molar-refractivity contribution in [2.75, 3.05) is 4.90 Å². The number of nitro benzene ring substituents is 1. The number of rotatable bonds is 6. The number of urea groups is 1. The Balaban J connectivity index is 1.60. The van der Waals surface area contributed by atoms with E-state index < -0.39 is 22.8 Å². The van der Waals surface area contributed by atoms with E-state index in [-0.39, 0.29) is 23.6 Å². The van der Waals surface area contributed by atoms with Crippen LogP contribution in [-0.4, -0.2) is 22.8 Å². The second-order valence-electron chi connectivity index (χ2n) is 7.92. The number of carbonyl (C=O) groups excluding carboxylic acids is 3. The number of hydrogen-bond donors (Lipinski definition) is 1. The van der Waals surface area contributed by atoms with E-state index >= 15 is 0 Å². The van der Waals surface area contributed by atoms with Crippen LogP contribution in [0.5, 0.6) is 5.75 Å². The van der Waals surface area contributed by atoms with Crippen LogP contribution in [0.1, 0.15) is 16.7 Å². The van der Waals surface area contributed by atoms with Gasteiger partial charge in [-0.25, -0.2) is 9.69 Å². The number of benzene rings is 3. The number of carbonyl (C=O) groups is 3. The highest BCUT2D eigenvalue weighted by Crippen LogP contribution is 2.34. The number of aryl methyl sites for hydroxylation is 1. The second kappa shape index (κ2) is 11.0. The van der Waals surface area contributed by atoms with Gasteiger partial charge in [-0.2, -0.15) is 0 Å². The molecule has 0 atom stereocenters. The maximum atomic E-state index is 13.2. The van der Waals surface area contributed by atoms with Crippen molar-refractivity contribution in [3.8, 4) is 5.75 Å². The number of non-ortho nitro benzene ring substituents is 1. The van der Waals surface area contributed by atoms with Crippen LogP contribution in [0.3, 0.4) is 0 Å². The molecule has 0 aromatic heterocycles. The zero-order valence-corrected chi connectivity index (χ0v) is 23.5. The zero-order valence-electron chi connectivity index (χ0n) is 19.0. The fraction of sp³-hybridized carbons (Fsp3) is 0.0800. The Kier molecular flexibility index (Phi) is 7.95. The Labute approximate surface area is 237 Å². The van der Waals surface area contributed by atoms with E-state index in [4.69, 9.17) is 16.3 Å². The van der Waals surface area contributed by atoms with Gasteiger partial charge in [0.15, 0.2) is 0 Å². The second-order valence-corrected chi connectivity index (χ2v) is 10.3. The molecule has 0 radical (unpaired) electrons. The van der Waals surface area contributed by atoms with E-state index in [0.717, 1.165) is 10.5 Å². The van der Waals surface area contributed by atoms with Crippen LogP contribution in [0.4, 0.5) is 16.2 Å². The van der Waals surface area contributed by atoms with Crippen LogP contribution in [-0.2, 0) is 16.2 Å². The van der Waals surface area contributed by atoms with E-state index in [0.29, 0.717) is 29.9 Å². The number of anilines is 1. The lowest BCUT2D eigenvalue weighted by Crippen LogP contribution is -2.54. The molecule has 0 saturated carbocycles. The van der Waals surface area contributed by atoms with Crippen LogP contribution >= 0.6 is 50.1 Å². The minimum atomic E-state index is -0.868. The molecule has 12 heteroatoms. The lowest BCUT2D eigenvalue weighted by Gasteiger charge is -2.26. The smallest absolute Gasteiger partial charge is 0.335 e. The van der Waals surface area contributed by atoms with Crippen molar-refractivity contribution in [2.45, 2.75) is 13.5 Å². The van der Waals surface area contributed by atoms with E-state index in [9.17, 15) is 24.5 Å². The van der Waals surface area contributed by atoms with Crippen LogP contribution in [0, 0.1) is 20.6 Å². The van der Waals surface area contributed by atoms with Gasteiger partial charge in [-0.1, -0.05) is 29.8 Å². The third kappa shape index (κ3) is 5.84. The number of nitrogens with one attached hydrogen (secondary N) is 1. The fourth-order valence-electron chi connectivity index (χ4n) is 3.50. The predicted molar refractivity (Wildman–Crippen MR) is 149 cm³/mol. The van der Waals surface area contributed by atoms with Crippen LogP contribution < -0.4 is 15.0 Å². The molecule has 9 nitrogen and oxygen atoms in total. The normalized spacial score (nSPS) is 14.6. The van der Waals surface area contributed by atoms with E-state index in [1.807, 2.05) is 22.6 Å². The molecule has 4 amide bonds. The molecule has 0 unspecified atom stereocenters. The molecule has 0 aliphatic carbocycles. The van der Waals surface area contributed by atoms with Gasteiger partial charge in [0, 0.05) is 17.2 Å². The van der Waals surface area contributed by atoms with Gasteiger partial charge < -0.3 is 4.74 Å². The number of barbiturate groups is 1. The molecule has 37 heavy (non-hydrogen) atoms. The number of hydrogen-bond acceptors (Lipinski definition) is 6. The average molecular weight is 697 g/mol. The first-order valence-electron chi connectivity index (χ1n) is 10.6. The minimum absolute atomic E-state index is 0.0345. The summed E-state index contributed by atoms with van der Waals surface area (Å²) in [5.41, 5.74) is 1.87. The van der Waals surface area contributed by atoms with Crippen molar-refractivity contribution in [3.05, 3.63) is 100 Å². The molecule has 3 aromatic carbocycles. The van der Waals surface area contributed by atoms with Crippen molar-refractivity contribution in [1.29, 1.82) is 0 Å². The molecule has 1 aliphatic heterocycles. The van der Waals surface area contributed by atoms with Crippen molar-refractivity contribution in [2.24, 2.45) is 0 Å². The summed E-state index contributed by atoms with van der Waals surface area (Å²) in [6.45, 7) is 1.88. The lowest BCUT2D eigenvalue weighted by atomic mass is 10.1. The first kappa shape index (κ1) is 26.8. The summed E-state index contributed by atoms with van der Waals surface area (Å²) in [5, 5.41) is 13.6. The number of nitro groups is 1. The van der Waals surface area contributed by atoms with Gasteiger partial charge in [0.25, 0.3) is 17.5 Å². The third-order valence-electron chi connectivity index (χ3n) is 5.35. The molecule has 1 heterocycles. The Morgan fingerprint density at radius 3 is 2.59 bits per heavy atom. The number of ether oxygens (including phenoxy) is 1. The van der Waals surface area contributed by atoms with Gasteiger partial charge in [-0.3, -0.25) is 25.0 Å². The first-order valence-corrected chi connectivity index (χ1v) is 12.8. The topological polar surface area (TPSA) is 119 Å². The SMILES string of the molecule is Cc1ccc(N2C(=O)NC(=O)/C(=C/c3cc(Br)c(OCc4cccc([N+](=O)[O-])c4)c(I)c3)C2=O)cc1Cl. The third-order valence-corrected chi connectivity index (χ3v) is 7.15. The number of imide groups is 2. The summed E-state index contributed by atoms with van der Waals surface area (Å²) in [4.78, 5) is 49.5. The number of nitrogens with zero attached hydrogens (tertiary/aromatic N) is 2. The molecule has 188 valence electrons. The van der Waals surface area contributed by atoms with E-state index in [1.54, 1.807) is 43.3 Å². The quantitative estimate of drug-likeness (QED) is 0.108. The largest absolute Gasteiger partial charge is 0.487 e. The highest BCUT2D eigenvalue weighted by molar-refractivity contribution is 14.1. The zero-order chi connectivity index (χ0) is 26.9. The van der Waals surface area contributed by atoms with Crippen LogP contribution in [0.25, 0.3) is 6.08 Å². The Morgan fingerprint density at radius 2 is 1.92 bits per heavy atom. The molecule has 0 spiro atoms. The summed E-state index contributed by atoms with van der Waals surface area (Å²) in [6, 6.07) is 13.3. The van der Waals surface area contributed by atoms with Gasteiger partial charge in [0.1, 0.15) is 17.9 Å². The van der Waals surface area contributed by atoms with Crippen molar-refractivity contribution in [3.63, 3.8) is 0 Å². The summed E-state index contributed by atoms with van der Waals surface area (Å²) < 4.78 is 7.07. The molecule has 1 N–H and O–H groups in total. The van der Waals surface area contributed by atoms with Crippen molar-refractivity contribution < 1.29 is 24.0 Å². The summed E-state index contributed by atoms with van der Waals surface area (Å²) >= 11 is 11.6. The maximum absolute atomic E-state index is 13.2. The number of amides is 4. The summed E-state index contributed by atoms with van der Waals surface area (Å²) in [5.74, 6) is -1.12. The molecule has 4 rings (SSSR count). The molecule has 0 bridgehead atoms. The molecular weight excluding hydrogens is 681 g/mol. The Morgan fingerprint density at radius 1 is 1.16 bits per heavy atom. The minimum Gasteiger partial charge on any atom is -0.487 e. The molecular formula is C25H16BrClIN3O6. The van der Waals surface area contributed by atoms with Gasteiger partial charge in [0.05, 0.1) is 18.7 Å². The van der Waals surface area contributed by atoms with Gasteiger partial charge in [-0.05, 0) is 92.5 Å².